The van der Waals surface area contributed by atoms with Crippen molar-refractivity contribution in [3.8, 4) is 5.88 Å². The summed E-state index contributed by atoms with van der Waals surface area (Å²) in [5.41, 5.74) is 2.39. The SMILES string of the molecule is COc1ncnc2c1CCCC2. The van der Waals surface area contributed by atoms with Crippen molar-refractivity contribution in [3.05, 3.63) is 17.6 Å². The topological polar surface area (TPSA) is 35.0 Å². The van der Waals surface area contributed by atoms with Gasteiger partial charge in [0.25, 0.3) is 0 Å². The molecule has 0 bridgehead atoms. The number of hydrogen-bond donors (Lipinski definition) is 0. The molecule has 3 nitrogen and oxygen atoms in total. The molecule has 0 amide bonds. The lowest BCUT2D eigenvalue weighted by molar-refractivity contribution is 0.386. The predicted molar refractivity (Wildman–Crippen MR) is 45.2 cm³/mol. The molecule has 1 aliphatic carbocycles. The molecular weight excluding hydrogens is 152 g/mol. The third-order valence-corrected chi connectivity index (χ3v) is 2.28. The summed E-state index contributed by atoms with van der Waals surface area (Å²) in [6.45, 7) is 0. The summed E-state index contributed by atoms with van der Waals surface area (Å²) < 4.78 is 5.16. The highest BCUT2D eigenvalue weighted by Gasteiger charge is 2.15. The van der Waals surface area contributed by atoms with Crippen LogP contribution in [0.5, 0.6) is 5.88 Å². The number of nitrogens with zero attached hydrogens (tertiary/aromatic N) is 2. The van der Waals surface area contributed by atoms with Gasteiger partial charge in [-0.2, -0.15) is 0 Å². The standard InChI is InChI=1S/C9H12N2O/c1-12-9-7-4-2-3-5-8(7)10-6-11-9/h6H,2-5H2,1H3. The van der Waals surface area contributed by atoms with Gasteiger partial charge in [-0.1, -0.05) is 0 Å². The zero-order valence-corrected chi connectivity index (χ0v) is 7.21. The average molecular weight is 164 g/mol. The lowest BCUT2D eigenvalue weighted by Crippen LogP contribution is -2.08. The van der Waals surface area contributed by atoms with Crippen LogP contribution in [0.25, 0.3) is 0 Å². The molecule has 0 N–H and O–H groups in total. The maximum atomic E-state index is 5.16. The van der Waals surface area contributed by atoms with Crippen molar-refractivity contribution in [2.45, 2.75) is 25.7 Å². The second kappa shape index (κ2) is 3.09. The summed E-state index contributed by atoms with van der Waals surface area (Å²) in [5, 5.41) is 0. The van der Waals surface area contributed by atoms with Crippen LogP contribution in [0.15, 0.2) is 6.33 Å². The Morgan fingerprint density at radius 2 is 2.08 bits per heavy atom. The van der Waals surface area contributed by atoms with E-state index < -0.39 is 0 Å². The first-order chi connectivity index (χ1) is 5.92. The Bertz CT molecular complexity index is 272. The number of hydrogen-bond acceptors (Lipinski definition) is 3. The largest absolute Gasteiger partial charge is 0.481 e. The molecule has 0 saturated carbocycles. The number of rotatable bonds is 1. The molecule has 2 rings (SSSR count). The fourth-order valence-corrected chi connectivity index (χ4v) is 1.67. The highest BCUT2D eigenvalue weighted by molar-refractivity contribution is 5.31. The highest BCUT2D eigenvalue weighted by atomic mass is 16.5. The van der Waals surface area contributed by atoms with Crippen LogP contribution in [-0.2, 0) is 12.8 Å². The van der Waals surface area contributed by atoms with Crippen molar-refractivity contribution in [2.75, 3.05) is 7.11 Å². The Hall–Kier alpha value is -1.12. The van der Waals surface area contributed by atoms with Crippen molar-refractivity contribution in [2.24, 2.45) is 0 Å². The molecule has 0 aliphatic heterocycles. The van der Waals surface area contributed by atoms with Crippen LogP contribution in [0, 0.1) is 0 Å². The summed E-state index contributed by atoms with van der Waals surface area (Å²) >= 11 is 0. The van der Waals surface area contributed by atoms with Crippen LogP contribution in [0.3, 0.4) is 0 Å². The second-order valence-electron chi connectivity index (χ2n) is 3.02. The van der Waals surface area contributed by atoms with Gasteiger partial charge in [-0.15, -0.1) is 0 Å². The van der Waals surface area contributed by atoms with Crippen LogP contribution in [0.1, 0.15) is 24.1 Å². The predicted octanol–water partition coefficient (Wildman–Crippen LogP) is 1.36. The van der Waals surface area contributed by atoms with E-state index in [-0.39, 0.29) is 0 Å². The molecule has 0 unspecified atom stereocenters. The third-order valence-electron chi connectivity index (χ3n) is 2.28. The van der Waals surface area contributed by atoms with E-state index in [0.29, 0.717) is 0 Å². The van der Waals surface area contributed by atoms with Gasteiger partial charge in [0.2, 0.25) is 5.88 Å². The van der Waals surface area contributed by atoms with Crippen LogP contribution in [-0.4, -0.2) is 17.1 Å². The van der Waals surface area contributed by atoms with Gasteiger partial charge in [-0.3, -0.25) is 0 Å². The lowest BCUT2D eigenvalue weighted by Gasteiger charge is -2.15. The smallest absolute Gasteiger partial charge is 0.219 e. The summed E-state index contributed by atoms with van der Waals surface area (Å²) in [4.78, 5) is 8.31. The van der Waals surface area contributed by atoms with Crippen molar-refractivity contribution >= 4 is 0 Å². The van der Waals surface area contributed by atoms with E-state index in [0.717, 1.165) is 18.7 Å². The minimum Gasteiger partial charge on any atom is -0.481 e. The normalized spacial score (nSPS) is 15.4. The molecule has 3 heteroatoms. The molecule has 1 aromatic heterocycles. The van der Waals surface area contributed by atoms with E-state index in [4.69, 9.17) is 4.74 Å². The number of fused-ring (bicyclic) bond motifs is 1. The van der Waals surface area contributed by atoms with Crippen LogP contribution >= 0.6 is 0 Å². The Morgan fingerprint density at radius 1 is 1.25 bits per heavy atom. The first-order valence-corrected chi connectivity index (χ1v) is 4.28. The van der Waals surface area contributed by atoms with Gasteiger partial charge >= 0.3 is 0 Å². The summed E-state index contributed by atoms with van der Waals surface area (Å²) in [5.74, 6) is 0.764. The van der Waals surface area contributed by atoms with E-state index in [1.807, 2.05) is 0 Å². The first kappa shape index (κ1) is 7.53. The van der Waals surface area contributed by atoms with Crippen LogP contribution in [0.2, 0.25) is 0 Å². The van der Waals surface area contributed by atoms with E-state index in [1.165, 1.54) is 24.1 Å². The van der Waals surface area contributed by atoms with E-state index >= 15 is 0 Å². The summed E-state index contributed by atoms with van der Waals surface area (Å²) in [6.07, 6.45) is 6.21. The van der Waals surface area contributed by atoms with Gasteiger partial charge < -0.3 is 4.74 Å². The van der Waals surface area contributed by atoms with Crippen LogP contribution in [0.4, 0.5) is 0 Å². The molecule has 0 saturated heterocycles. The van der Waals surface area contributed by atoms with Gasteiger partial charge in [0, 0.05) is 5.56 Å². The Morgan fingerprint density at radius 3 is 2.92 bits per heavy atom. The maximum Gasteiger partial charge on any atom is 0.219 e. The second-order valence-corrected chi connectivity index (χ2v) is 3.02. The van der Waals surface area contributed by atoms with Gasteiger partial charge in [-0.25, -0.2) is 9.97 Å². The summed E-state index contributed by atoms with van der Waals surface area (Å²) in [7, 11) is 1.66. The van der Waals surface area contributed by atoms with E-state index in [2.05, 4.69) is 9.97 Å². The van der Waals surface area contributed by atoms with Gasteiger partial charge in [0.1, 0.15) is 6.33 Å². The monoisotopic (exact) mass is 164 g/mol. The summed E-state index contributed by atoms with van der Waals surface area (Å²) in [6, 6.07) is 0. The number of aromatic nitrogens is 2. The molecule has 1 heterocycles. The van der Waals surface area contributed by atoms with Gasteiger partial charge in [0.15, 0.2) is 0 Å². The zero-order chi connectivity index (χ0) is 8.39. The molecule has 64 valence electrons. The van der Waals surface area contributed by atoms with Gasteiger partial charge in [-0.05, 0) is 25.7 Å². The molecule has 0 radical (unpaired) electrons. The fourth-order valence-electron chi connectivity index (χ4n) is 1.67. The Kier molecular flexibility index (Phi) is 1.94. The molecule has 0 spiro atoms. The van der Waals surface area contributed by atoms with Crippen molar-refractivity contribution in [1.29, 1.82) is 0 Å². The number of aryl methyl sites for hydroxylation is 1. The lowest BCUT2D eigenvalue weighted by atomic mass is 9.97. The minimum absolute atomic E-state index is 0.764. The molecule has 12 heavy (non-hydrogen) atoms. The van der Waals surface area contributed by atoms with E-state index in [9.17, 15) is 0 Å². The third kappa shape index (κ3) is 1.15. The first-order valence-electron chi connectivity index (χ1n) is 4.28. The minimum atomic E-state index is 0.764. The molecular formula is C9H12N2O. The fraction of sp³-hybridized carbons (Fsp3) is 0.556. The van der Waals surface area contributed by atoms with Gasteiger partial charge in [0.05, 0.1) is 12.8 Å². The molecule has 0 aromatic carbocycles. The molecule has 0 atom stereocenters. The Balaban J connectivity index is 2.44. The molecule has 1 aliphatic rings. The molecule has 1 aromatic rings. The van der Waals surface area contributed by atoms with Crippen molar-refractivity contribution in [1.82, 2.24) is 9.97 Å². The average Bonchev–Trinajstić information content (AvgIpc) is 2.17. The quantitative estimate of drug-likeness (QED) is 0.628. The van der Waals surface area contributed by atoms with Crippen molar-refractivity contribution < 1.29 is 4.74 Å². The number of methoxy groups -OCH3 is 1. The maximum absolute atomic E-state index is 5.16. The number of ether oxygens (including phenoxy) is 1. The van der Waals surface area contributed by atoms with Crippen molar-refractivity contribution in [3.63, 3.8) is 0 Å². The zero-order valence-electron chi connectivity index (χ0n) is 7.21. The van der Waals surface area contributed by atoms with E-state index in [1.54, 1.807) is 13.4 Å². The molecule has 0 fully saturated rings. The Labute approximate surface area is 71.8 Å². The highest BCUT2D eigenvalue weighted by Crippen LogP contribution is 2.25. The van der Waals surface area contributed by atoms with Crippen LogP contribution < -0.4 is 4.74 Å².